The van der Waals surface area contributed by atoms with Crippen LogP contribution in [0.5, 0.6) is 0 Å². The fourth-order valence-corrected chi connectivity index (χ4v) is 1.71. The Kier molecular flexibility index (Phi) is 4.69. The van der Waals surface area contributed by atoms with E-state index < -0.39 is 11.6 Å². The zero-order valence-electron chi connectivity index (χ0n) is 8.80. The van der Waals surface area contributed by atoms with Crippen LogP contribution in [0.2, 0.25) is 0 Å². The number of nitriles is 1. The van der Waals surface area contributed by atoms with Gasteiger partial charge in [0.1, 0.15) is 17.3 Å². The molecule has 0 aliphatic heterocycles. The molecule has 0 heterocycles. The van der Waals surface area contributed by atoms with Crippen molar-refractivity contribution in [2.24, 2.45) is 0 Å². The van der Waals surface area contributed by atoms with Crippen LogP contribution in [0, 0.1) is 23.0 Å². The Morgan fingerprint density at radius 2 is 1.94 bits per heavy atom. The first-order valence-electron chi connectivity index (χ1n) is 4.72. The summed E-state index contributed by atoms with van der Waals surface area (Å²) >= 11 is 3.14. The lowest BCUT2D eigenvalue weighted by atomic mass is 10.2. The van der Waals surface area contributed by atoms with Crippen LogP contribution >= 0.6 is 15.9 Å². The number of anilines is 1. The van der Waals surface area contributed by atoms with E-state index in [1.807, 2.05) is 6.07 Å². The van der Waals surface area contributed by atoms with Crippen molar-refractivity contribution in [1.82, 2.24) is 0 Å². The highest BCUT2D eigenvalue weighted by atomic mass is 79.9. The van der Waals surface area contributed by atoms with Gasteiger partial charge in [0, 0.05) is 18.9 Å². The molecule has 0 spiro atoms. The second kappa shape index (κ2) is 5.80. The first-order valence-corrected chi connectivity index (χ1v) is 5.84. The van der Waals surface area contributed by atoms with Crippen molar-refractivity contribution in [3.63, 3.8) is 0 Å². The number of nitrogens with zero attached hydrogens (tertiary/aromatic N) is 2. The molecule has 0 aliphatic carbocycles. The van der Waals surface area contributed by atoms with Gasteiger partial charge in [-0.1, -0.05) is 15.9 Å². The van der Waals surface area contributed by atoms with E-state index in [9.17, 15) is 8.78 Å². The molecule has 0 aromatic heterocycles. The Labute approximate surface area is 102 Å². The zero-order valence-corrected chi connectivity index (χ0v) is 10.4. The quantitative estimate of drug-likeness (QED) is 0.796. The minimum Gasteiger partial charge on any atom is -0.369 e. The highest BCUT2D eigenvalue weighted by Gasteiger charge is 2.14. The maximum Gasteiger partial charge on any atom is 0.149 e. The monoisotopic (exact) mass is 288 g/mol. The van der Waals surface area contributed by atoms with Crippen LogP contribution < -0.4 is 4.90 Å². The first-order chi connectivity index (χ1) is 7.60. The molecule has 0 N–H and O–H groups in total. The minimum absolute atomic E-state index is 0.0834. The molecule has 0 amide bonds. The second-order valence-electron chi connectivity index (χ2n) is 3.37. The Hall–Kier alpha value is -1.15. The highest BCUT2D eigenvalue weighted by Crippen LogP contribution is 2.25. The summed E-state index contributed by atoms with van der Waals surface area (Å²) in [5, 5.41) is 8.82. The molecule has 2 nitrogen and oxygen atoms in total. The summed E-state index contributed by atoms with van der Waals surface area (Å²) in [7, 11) is 1.56. The van der Waals surface area contributed by atoms with Gasteiger partial charge in [0.25, 0.3) is 0 Å². The van der Waals surface area contributed by atoms with Gasteiger partial charge in [-0.15, -0.1) is 0 Å². The van der Waals surface area contributed by atoms with Crippen molar-refractivity contribution >= 4 is 21.6 Å². The molecule has 0 unspecified atom stereocenters. The van der Waals surface area contributed by atoms with Gasteiger partial charge in [-0.2, -0.15) is 5.26 Å². The van der Waals surface area contributed by atoms with Crippen molar-refractivity contribution in [3.05, 3.63) is 29.3 Å². The van der Waals surface area contributed by atoms with Gasteiger partial charge in [0.15, 0.2) is 0 Å². The average Bonchev–Trinajstić information content (AvgIpc) is 2.25. The van der Waals surface area contributed by atoms with E-state index in [1.54, 1.807) is 7.05 Å². The fraction of sp³-hybridized carbons (Fsp3) is 0.364. The third kappa shape index (κ3) is 2.92. The van der Waals surface area contributed by atoms with E-state index in [2.05, 4.69) is 15.9 Å². The van der Waals surface area contributed by atoms with Gasteiger partial charge in [-0.25, -0.2) is 8.78 Å². The lowest BCUT2D eigenvalue weighted by Crippen LogP contribution is -2.21. The lowest BCUT2D eigenvalue weighted by Gasteiger charge is -2.19. The third-order valence-corrected chi connectivity index (χ3v) is 2.82. The maximum atomic E-state index is 13.6. The van der Waals surface area contributed by atoms with E-state index in [1.165, 1.54) is 17.0 Å². The average molecular weight is 289 g/mol. The van der Waals surface area contributed by atoms with Crippen LogP contribution in [-0.4, -0.2) is 13.6 Å². The number of hydrogen-bond acceptors (Lipinski definition) is 2. The van der Waals surface area contributed by atoms with Gasteiger partial charge in [0.2, 0.25) is 0 Å². The highest BCUT2D eigenvalue weighted by molar-refractivity contribution is 9.08. The van der Waals surface area contributed by atoms with E-state index in [4.69, 9.17) is 5.26 Å². The summed E-state index contributed by atoms with van der Waals surface area (Å²) in [4.78, 5) is 1.41. The number of rotatable bonds is 4. The topological polar surface area (TPSA) is 27.0 Å². The van der Waals surface area contributed by atoms with Crippen molar-refractivity contribution in [2.45, 2.75) is 11.8 Å². The predicted octanol–water partition coefficient (Wildman–Crippen LogP) is 3.21. The summed E-state index contributed by atoms with van der Waals surface area (Å²) in [5.74, 6) is -1.20. The number of benzene rings is 1. The van der Waals surface area contributed by atoms with Crippen LogP contribution in [0.3, 0.4) is 0 Å². The minimum atomic E-state index is -0.602. The molecular formula is C11H11BrF2N2. The van der Waals surface area contributed by atoms with Crippen LogP contribution in [0.25, 0.3) is 0 Å². The van der Waals surface area contributed by atoms with Crippen molar-refractivity contribution in [3.8, 4) is 6.07 Å². The number of hydrogen-bond donors (Lipinski definition) is 0. The third-order valence-electron chi connectivity index (χ3n) is 2.17. The van der Waals surface area contributed by atoms with E-state index in [0.717, 1.165) is 0 Å². The van der Waals surface area contributed by atoms with E-state index in [-0.39, 0.29) is 12.1 Å². The molecule has 0 atom stereocenters. The summed E-state index contributed by atoms with van der Waals surface area (Å²) in [6, 6.07) is 4.51. The number of halogens is 3. The fourth-order valence-electron chi connectivity index (χ4n) is 1.39. The first kappa shape index (κ1) is 12.9. The predicted molar refractivity (Wildman–Crippen MR) is 62.5 cm³/mol. The molecule has 1 aromatic carbocycles. The molecule has 0 saturated heterocycles. The summed E-state index contributed by atoms with van der Waals surface area (Å²) in [6.07, 6.45) is 0.232. The molecule has 86 valence electrons. The van der Waals surface area contributed by atoms with Crippen LogP contribution in [0.4, 0.5) is 14.5 Å². The van der Waals surface area contributed by atoms with Crippen LogP contribution in [0.1, 0.15) is 12.0 Å². The standard InChI is InChI=1S/C11H11BrF2N2/c1-16(4-2-3-15)11-9(13)5-8(7-12)6-10(11)14/h5-6H,2,4,7H2,1H3. The van der Waals surface area contributed by atoms with Gasteiger partial charge in [-0.05, 0) is 17.7 Å². The lowest BCUT2D eigenvalue weighted by molar-refractivity contribution is 0.575. The Balaban J connectivity index is 3.00. The van der Waals surface area contributed by atoms with E-state index >= 15 is 0 Å². The molecule has 1 rings (SSSR count). The SMILES string of the molecule is CN(CCC#N)c1c(F)cc(CBr)cc1F. The molecule has 0 bridgehead atoms. The Morgan fingerprint density at radius 1 is 1.38 bits per heavy atom. The summed E-state index contributed by atoms with van der Waals surface area (Å²) in [6.45, 7) is 0.304. The van der Waals surface area contributed by atoms with Gasteiger partial charge in [-0.3, -0.25) is 0 Å². The largest absolute Gasteiger partial charge is 0.369 e. The molecule has 16 heavy (non-hydrogen) atoms. The summed E-state index contributed by atoms with van der Waals surface area (Å²) < 4.78 is 27.2. The van der Waals surface area contributed by atoms with E-state index in [0.29, 0.717) is 17.4 Å². The molecule has 0 aliphatic rings. The van der Waals surface area contributed by atoms with Gasteiger partial charge in [0.05, 0.1) is 12.5 Å². The maximum absolute atomic E-state index is 13.6. The smallest absolute Gasteiger partial charge is 0.149 e. The molecule has 5 heteroatoms. The van der Waals surface area contributed by atoms with Crippen molar-refractivity contribution in [1.29, 1.82) is 5.26 Å². The van der Waals surface area contributed by atoms with Crippen LogP contribution in [-0.2, 0) is 5.33 Å². The summed E-state index contributed by atoms with van der Waals surface area (Å²) in [5.41, 5.74) is 0.465. The molecule has 0 saturated carbocycles. The Bertz CT molecular complexity index is 392. The number of alkyl halides is 1. The molecule has 0 radical (unpaired) electrons. The zero-order chi connectivity index (χ0) is 12.1. The van der Waals surface area contributed by atoms with Gasteiger partial charge >= 0.3 is 0 Å². The molecule has 1 aromatic rings. The second-order valence-corrected chi connectivity index (χ2v) is 3.93. The van der Waals surface area contributed by atoms with Crippen LogP contribution in [0.15, 0.2) is 12.1 Å². The van der Waals surface area contributed by atoms with Gasteiger partial charge < -0.3 is 4.90 Å². The Morgan fingerprint density at radius 3 is 2.38 bits per heavy atom. The normalized spacial score (nSPS) is 9.94. The molecule has 0 fully saturated rings. The van der Waals surface area contributed by atoms with Crippen molar-refractivity contribution in [2.75, 3.05) is 18.5 Å². The molecular weight excluding hydrogens is 278 g/mol. The van der Waals surface area contributed by atoms with Crippen molar-refractivity contribution < 1.29 is 8.78 Å².